The maximum atomic E-state index is 9.86. The van der Waals surface area contributed by atoms with Crippen LogP contribution >= 0.6 is 0 Å². The molecule has 3 N–H and O–H groups in total. The van der Waals surface area contributed by atoms with E-state index in [-0.39, 0.29) is 11.5 Å². The maximum Gasteiger partial charge on any atom is 0.0609 e. The Morgan fingerprint density at radius 2 is 2.29 bits per heavy atom. The van der Waals surface area contributed by atoms with Gasteiger partial charge in [0.2, 0.25) is 0 Å². The Morgan fingerprint density at radius 3 is 2.79 bits per heavy atom. The molecule has 1 fully saturated rings. The van der Waals surface area contributed by atoms with E-state index in [0.717, 1.165) is 45.3 Å². The Balaban J connectivity index is 2.30. The van der Waals surface area contributed by atoms with Crippen molar-refractivity contribution < 1.29 is 9.84 Å². The van der Waals surface area contributed by atoms with Crippen LogP contribution in [0, 0.1) is 5.41 Å². The summed E-state index contributed by atoms with van der Waals surface area (Å²) in [6.07, 6.45) is 4.82. The second-order valence-electron chi connectivity index (χ2n) is 4.34. The number of hydrogen-bond acceptors (Lipinski definition) is 3. The van der Waals surface area contributed by atoms with Gasteiger partial charge >= 0.3 is 0 Å². The van der Waals surface area contributed by atoms with Crippen LogP contribution in [0.4, 0.5) is 0 Å². The molecular weight excluding hydrogens is 178 g/mol. The molecule has 0 aliphatic heterocycles. The molecule has 84 valence electrons. The van der Waals surface area contributed by atoms with Crippen LogP contribution in [0.25, 0.3) is 0 Å². The minimum Gasteiger partial charge on any atom is -0.392 e. The molecule has 14 heavy (non-hydrogen) atoms. The zero-order valence-corrected chi connectivity index (χ0v) is 9.17. The lowest BCUT2D eigenvalue weighted by atomic mass is 9.81. The number of aliphatic hydroxyl groups excluding tert-OH is 1. The van der Waals surface area contributed by atoms with E-state index in [1.165, 1.54) is 0 Å². The number of ether oxygens (including phenoxy) is 1. The number of aliphatic hydroxyl groups is 1. The molecule has 0 spiro atoms. The second-order valence-corrected chi connectivity index (χ2v) is 4.34. The average Bonchev–Trinajstić information content (AvgIpc) is 2.56. The average molecular weight is 201 g/mol. The van der Waals surface area contributed by atoms with Crippen molar-refractivity contribution >= 4 is 0 Å². The molecule has 1 aliphatic rings. The summed E-state index contributed by atoms with van der Waals surface area (Å²) >= 11 is 0. The lowest BCUT2D eigenvalue weighted by Crippen LogP contribution is -2.38. The predicted molar refractivity (Wildman–Crippen MR) is 57.1 cm³/mol. The Hall–Kier alpha value is -0.120. The van der Waals surface area contributed by atoms with E-state index in [2.05, 4.69) is 6.92 Å². The Kier molecular flexibility index (Phi) is 4.85. The minimum absolute atomic E-state index is 0.0479. The zero-order valence-electron chi connectivity index (χ0n) is 9.17. The van der Waals surface area contributed by atoms with Crippen LogP contribution in [0.15, 0.2) is 0 Å². The largest absolute Gasteiger partial charge is 0.392 e. The minimum atomic E-state index is -0.210. The molecule has 2 unspecified atom stereocenters. The van der Waals surface area contributed by atoms with E-state index in [1.807, 2.05) is 0 Å². The summed E-state index contributed by atoms with van der Waals surface area (Å²) in [7, 11) is 0. The first kappa shape index (κ1) is 12.0. The fourth-order valence-electron chi connectivity index (χ4n) is 2.27. The smallest absolute Gasteiger partial charge is 0.0609 e. The molecule has 0 aromatic carbocycles. The van der Waals surface area contributed by atoms with Crippen molar-refractivity contribution in [1.82, 2.24) is 0 Å². The van der Waals surface area contributed by atoms with E-state index in [1.54, 1.807) is 0 Å². The predicted octanol–water partition coefficient (Wildman–Crippen LogP) is 1.29. The van der Waals surface area contributed by atoms with Crippen molar-refractivity contribution in [2.24, 2.45) is 11.1 Å². The van der Waals surface area contributed by atoms with Gasteiger partial charge in [-0.05, 0) is 25.7 Å². The van der Waals surface area contributed by atoms with E-state index in [0.29, 0.717) is 6.54 Å². The summed E-state index contributed by atoms with van der Waals surface area (Å²) in [5, 5.41) is 9.86. The van der Waals surface area contributed by atoms with Crippen molar-refractivity contribution in [3.8, 4) is 0 Å². The van der Waals surface area contributed by atoms with Crippen molar-refractivity contribution in [3.63, 3.8) is 0 Å². The molecule has 0 heterocycles. The lowest BCUT2D eigenvalue weighted by molar-refractivity contribution is 0.0218. The first-order chi connectivity index (χ1) is 6.75. The molecule has 0 aromatic rings. The van der Waals surface area contributed by atoms with Crippen molar-refractivity contribution in [2.75, 3.05) is 19.8 Å². The van der Waals surface area contributed by atoms with Gasteiger partial charge in [-0.2, -0.15) is 0 Å². The van der Waals surface area contributed by atoms with E-state index in [9.17, 15) is 5.11 Å². The molecule has 1 aliphatic carbocycles. The van der Waals surface area contributed by atoms with Gasteiger partial charge in [0.15, 0.2) is 0 Å². The summed E-state index contributed by atoms with van der Waals surface area (Å²) in [5.74, 6) is 0. The van der Waals surface area contributed by atoms with Gasteiger partial charge in [-0.25, -0.2) is 0 Å². The normalized spacial score (nSPS) is 32.4. The van der Waals surface area contributed by atoms with Crippen LogP contribution in [-0.2, 0) is 4.74 Å². The summed E-state index contributed by atoms with van der Waals surface area (Å²) in [4.78, 5) is 0. The van der Waals surface area contributed by atoms with Crippen molar-refractivity contribution in [1.29, 1.82) is 0 Å². The molecule has 0 radical (unpaired) electrons. The van der Waals surface area contributed by atoms with Crippen molar-refractivity contribution in [2.45, 2.75) is 45.1 Å². The fourth-order valence-corrected chi connectivity index (χ4v) is 2.27. The highest BCUT2D eigenvalue weighted by molar-refractivity contribution is 4.92. The topological polar surface area (TPSA) is 55.5 Å². The lowest BCUT2D eigenvalue weighted by Gasteiger charge is -2.31. The van der Waals surface area contributed by atoms with Gasteiger partial charge in [-0.1, -0.05) is 13.3 Å². The van der Waals surface area contributed by atoms with Crippen LogP contribution in [0.1, 0.15) is 39.0 Å². The van der Waals surface area contributed by atoms with Crippen LogP contribution in [0.5, 0.6) is 0 Å². The molecule has 1 saturated carbocycles. The van der Waals surface area contributed by atoms with Crippen LogP contribution in [-0.4, -0.2) is 31.0 Å². The van der Waals surface area contributed by atoms with Gasteiger partial charge in [0.1, 0.15) is 0 Å². The first-order valence-electron chi connectivity index (χ1n) is 5.71. The van der Waals surface area contributed by atoms with Crippen LogP contribution < -0.4 is 5.73 Å². The molecule has 1 rings (SSSR count). The Labute approximate surface area is 86.6 Å². The third kappa shape index (κ3) is 2.69. The number of rotatable bonds is 6. The monoisotopic (exact) mass is 201 g/mol. The van der Waals surface area contributed by atoms with Gasteiger partial charge < -0.3 is 15.6 Å². The van der Waals surface area contributed by atoms with Gasteiger partial charge in [0.25, 0.3) is 0 Å². The maximum absolute atomic E-state index is 9.86. The molecule has 3 heteroatoms. The molecule has 0 saturated heterocycles. The highest BCUT2D eigenvalue weighted by Gasteiger charge is 2.40. The molecule has 2 atom stereocenters. The molecule has 0 amide bonds. The standard InChI is InChI=1S/C11H23NO2/c1-2-7-14-8-6-11(9-12)5-3-4-10(11)13/h10,13H,2-9,12H2,1H3. The number of nitrogens with two attached hydrogens (primary N) is 1. The van der Waals surface area contributed by atoms with E-state index >= 15 is 0 Å². The SMILES string of the molecule is CCCOCCC1(CN)CCCC1O. The van der Waals surface area contributed by atoms with Crippen LogP contribution in [0.2, 0.25) is 0 Å². The van der Waals surface area contributed by atoms with Gasteiger partial charge in [-0.3, -0.25) is 0 Å². The molecule has 0 bridgehead atoms. The van der Waals surface area contributed by atoms with Crippen LogP contribution in [0.3, 0.4) is 0 Å². The Bertz CT molecular complexity index is 163. The molecule has 0 aromatic heterocycles. The van der Waals surface area contributed by atoms with E-state index < -0.39 is 0 Å². The highest BCUT2D eigenvalue weighted by Crippen LogP contribution is 2.40. The van der Waals surface area contributed by atoms with Gasteiger partial charge in [0, 0.05) is 25.2 Å². The zero-order chi connectivity index (χ0) is 10.4. The summed E-state index contributed by atoms with van der Waals surface area (Å²) in [5.41, 5.74) is 5.71. The Morgan fingerprint density at radius 1 is 1.50 bits per heavy atom. The quantitative estimate of drug-likeness (QED) is 0.637. The fraction of sp³-hybridized carbons (Fsp3) is 1.00. The number of hydrogen-bond donors (Lipinski definition) is 2. The summed E-state index contributed by atoms with van der Waals surface area (Å²) in [6, 6.07) is 0. The summed E-state index contributed by atoms with van der Waals surface area (Å²) in [6.45, 7) is 4.24. The summed E-state index contributed by atoms with van der Waals surface area (Å²) < 4.78 is 5.45. The van der Waals surface area contributed by atoms with Gasteiger partial charge in [0.05, 0.1) is 6.10 Å². The van der Waals surface area contributed by atoms with Gasteiger partial charge in [-0.15, -0.1) is 0 Å². The third-order valence-corrected chi connectivity index (χ3v) is 3.36. The van der Waals surface area contributed by atoms with Crippen molar-refractivity contribution in [3.05, 3.63) is 0 Å². The molecular formula is C11H23NO2. The third-order valence-electron chi connectivity index (χ3n) is 3.36. The molecule has 3 nitrogen and oxygen atoms in total. The second kappa shape index (κ2) is 5.69. The first-order valence-corrected chi connectivity index (χ1v) is 5.71. The van der Waals surface area contributed by atoms with E-state index in [4.69, 9.17) is 10.5 Å². The highest BCUT2D eigenvalue weighted by atomic mass is 16.5.